The summed E-state index contributed by atoms with van der Waals surface area (Å²) in [6.07, 6.45) is -3.15. The molecule has 2 aromatic carbocycles. The van der Waals surface area contributed by atoms with Crippen molar-refractivity contribution in [1.82, 2.24) is 0 Å². The molecule has 0 aliphatic carbocycles. The lowest BCUT2D eigenvalue weighted by molar-refractivity contribution is -0.138. The molecule has 2 N–H and O–H groups in total. The minimum Gasteiger partial charge on any atom is -0.397 e. The van der Waals surface area contributed by atoms with E-state index in [2.05, 4.69) is 4.99 Å². The van der Waals surface area contributed by atoms with E-state index in [1.54, 1.807) is 24.3 Å². The lowest BCUT2D eigenvalue weighted by atomic mass is 10.0. The van der Waals surface area contributed by atoms with E-state index in [0.29, 0.717) is 17.1 Å². The monoisotopic (exact) mass is 333 g/mol. The summed E-state index contributed by atoms with van der Waals surface area (Å²) in [5.74, 6) is -0.396. The van der Waals surface area contributed by atoms with Crippen molar-refractivity contribution in [3.8, 4) is 0 Å². The van der Waals surface area contributed by atoms with Gasteiger partial charge in [-0.25, -0.2) is 0 Å². The van der Waals surface area contributed by atoms with Gasteiger partial charge in [-0.15, -0.1) is 0 Å². The average Bonchev–Trinajstić information content (AvgIpc) is 2.64. The van der Waals surface area contributed by atoms with Crippen molar-refractivity contribution in [2.75, 3.05) is 10.6 Å². The molecule has 0 saturated heterocycles. The summed E-state index contributed by atoms with van der Waals surface area (Å²) in [5, 5.41) is 0. The predicted molar refractivity (Wildman–Crippen MR) is 87.0 cm³/mol. The number of hydrogen-bond acceptors (Lipinski definition) is 3. The van der Waals surface area contributed by atoms with Gasteiger partial charge >= 0.3 is 6.18 Å². The highest BCUT2D eigenvalue weighted by molar-refractivity contribution is 6.11. The fourth-order valence-electron chi connectivity index (χ4n) is 2.67. The standard InChI is InChI=1S/C17H14F3N3O/c1-10-8-13-15(9-11(10)17(18,19)20)23(16(24)6-7-22-13)14-5-3-2-4-12(14)21/h2-5,7-9H,6,21H2,1H3. The Bertz CT molecular complexity index is 843. The number of nitrogens with two attached hydrogens (primary N) is 1. The Morgan fingerprint density at radius 1 is 1.17 bits per heavy atom. The number of aliphatic imine (C=N–C) groups is 1. The molecular weight excluding hydrogens is 319 g/mol. The van der Waals surface area contributed by atoms with Crippen molar-refractivity contribution in [3.63, 3.8) is 0 Å². The average molecular weight is 333 g/mol. The maximum atomic E-state index is 13.3. The molecule has 7 heteroatoms. The second-order valence-electron chi connectivity index (χ2n) is 5.46. The predicted octanol–water partition coefficient (Wildman–Crippen LogP) is 4.37. The molecule has 124 valence electrons. The first-order valence-electron chi connectivity index (χ1n) is 7.21. The number of carbonyl (C=O) groups excluding carboxylic acids is 1. The van der Waals surface area contributed by atoms with Crippen LogP contribution in [0.25, 0.3) is 0 Å². The topological polar surface area (TPSA) is 58.7 Å². The maximum Gasteiger partial charge on any atom is 0.416 e. The van der Waals surface area contributed by atoms with Crippen molar-refractivity contribution in [3.05, 3.63) is 47.5 Å². The third kappa shape index (κ3) is 2.73. The first kappa shape index (κ1) is 16.0. The smallest absolute Gasteiger partial charge is 0.397 e. The summed E-state index contributed by atoms with van der Waals surface area (Å²) in [5.41, 5.74) is 6.18. The number of anilines is 3. The van der Waals surface area contributed by atoms with Crippen LogP contribution in [0.1, 0.15) is 17.5 Å². The Balaban J connectivity index is 2.27. The van der Waals surface area contributed by atoms with E-state index < -0.39 is 17.6 Å². The number of amides is 1. The summed E-state index contributed by atoms with van der Waals surface area (Å²) in [6, 6.07) is 8.83. The van der Waals surface area contributed by atoms with Crippen molar-refractivity contribution in [2.24, 2.45) is 4.99 Å². The zero-order valence-corrected chi connectivity index (χ0v) is 12.8. The van der Waals surface area contributed by atoms with E-state index in [4.69, 9.17) is 5.73 Å². The van der Waals surface area contributed by atoms with Gasteiger partial charge in [0.2, 0.25) is 5.91 Å². The first-order chi connectivity index (χ1) is 11.3. The Hall–Kier alpha value is -2.83. The van der Waals surface area contributed by atoms with Crippen LogP contribution in [0, 0.1) is 6.92 Å². The highest BCUT2D eigenvalue weighted by atomic mass is 19.4. The van der Waals surface area contributed by atoms with Crippen LogP contribution in [0.4, 0.5) is 35.9 Å². The van der Waals surface area contributed by atoms with E-state index in [-0.39, 0.29) is 17.7 Å². The van der Waals surface area contributed by atoms with Crippen molar-refractivity contribution < 1.29 is 18.0 Å². The molecule has 0 spiro atoms. The number of fused-ring (bicyclic) bond motifs is 1. The van der Waals surface area contributed by atoms with Gasteiger partial charge in [-0.3, -0.25) is 14.7 Å². The van der Waals surface area contributed by atoms with Crippen LogP contribution in [0.2, 0.25) is 0 Å². The lowest BCUT2D eigenvalue weighted by Crippen LogP contribution is -2.26. The molecule has 24 heavy (non-hydrogen) atoms. The van der Waals surface area contributed by atoms with Crippen LogP contribution < -0.4 is 10.6 Å². The maximum absolute atomic E-state index is 13.3. The summed E-state index contributed by atoms with van der Waals surface area (Å²) < 4.78 is 39.8. The van der Waals surface area contributed by atoms with Crippen molar-refractivity contribution in [2.45, 2.75) is 19.5 Å². The van der Waals surface area contributed by atoms with Crippen LogP contribution in [0.3, 0.4) is 0 Å². The molecule has 0 fully saturated rings. The summed E-state index contributed by atoms with van der Waals surface area (Å²) in [6.45, 7) is 1.37. The molecule has 0 bridgehead atoms. The van der Waals surface area contributed by atoms with Gasteiger partial charge in [-0.1, -0.05) is 12.1 Å². The van der Waals surface area contributed by atoms with Crippen LogP contribution in [0.15, 0.2) is 41.4 Å². The van der Waals surface area contributed by atoms with E-state index in [0.717, 1.165) is 6.07 Å². The molecule has 0 aromatic heterocycles. The Kier molecular flexibility index (Phi) is 3.79. The van der Waals surface area contributed by atoms with Gasteiger partial charge in [0.1, 0.15) is 0 Å². The second-order valence-corrected chi connectivity index (χ2v) is 5.46. The zero-order valence-electron chi connectivity index (χ0n) is 12.8. The number of para-hydroxylation sites is 2. The van der Waals surface area contributed by atoms with Gasteiger partial charge in [0.25, 0.3) is 0 Å². The van der Waals surface area contributed by atoms with Gasteiger partial charge in [0.15, 0.2) is 0 Å². The van der Waals surface area contributed by atoms with E-state index in [1.165, 1.54) is 24.1 Å². The molecule has 3 rings (SSSR count). The normalized spacial score (nSPS) is 14.5. The molecule has 1 aliphatic heterocycles. The molecule has 1 heterocycles. The van der Waals surface area contributed by atoms with Gasteiger partial charge < -0.3 is 5.73 Å². The van der Waals surface area contributed by atoms with Crippen LogP contribution in [-0.2, 0) is 11.0 Å². The molecule has 2 aromatic rings. The molecule has 1 amide bonds. The number of rotatable bonds is 1. The number of nitrogen functional groups attached to an aromatic ring is 1. The van der Waals surface area contributed by atoms with Gasteiger partial charge in [0.05, 0.1) is 34.7 Å². The fraction of sp³-hybridized carbons (Fsp3) is 0.176. The number of aryl methyl sites for hydroxylation is 1. The molecule has 0 unspecified atom stereocenters. The number of carbonyl (C=O) groups is 1. The number of hydrogen-bond donors (Lipinski definition) is 1. The number of nitrogens with zero attached hydrogens (tertiary/aromatic N) is 2. The molecule has 4 nitrogen and oxygen atoms in total. The zero-order chi connectivity index (χ0) is 17.5. The van der Waals surface area contributed by atoms with Crippen molar-refractivity contribution >= 4 is 34.9 Å². The Morgan fingerprint density at radius 2 is 1.88 bits per heavy atom. The number of benzene rings is 2. The fourth-order valence-corrected chi connectivity index (χ4v) is 2.67. The van der Waals surface area contributed by atoms with E-state index in [9.17, 15) is 18.0 Å². The van der Waals surface area contributed by atoms with Crippen LogP contribution in [-0.4, -0.2) is 12.1 Å². The third-order valence-corrected chi connectivity index (χ3v) is 3.79. The second kappa shape index (κ2) is 5.67. The Morgan fingerprint density at radius 3 is 2.54 bits per heavy atom. The van der Waals surface area contributed by atoms with Gasteiger partial charge in [0, 0.05) is 6.21 Å². The van der Waals surface area contributed by atoms with E-state index >= 15 is 0 Å². The van der Waals surface area contributed by atoms with Crippen molar-refractivity contribution in [1.29, 1.82) is 0 Å². The molecule has 0 atom stereocenters. The molecule has 0 saturated carbocycles. The first-order valence-corrected chi connectivity index (χ1v) is 7.21. The quantitative estimate of drug-likeness (QED) is 0.788. The minimum absolute atomic E-state index is 0.0244. The van der Waals surface area contributed by atoms with Crippen LogP contribution in [0.5, 0.6) is 0 Å². The summed E-state index contributed by atoms with van der Waals surface area (Å²) in [4.78, 5) is 17.8. The Labute approximate surface area is 136 Å². The van der Waals surface area contributed by atoms with Gasteiger partial charge in [-0.2, -0.15) is 13.2 Å². The van der Waals surface area contributed by atoms with Gasteiger partial charge in [-0.05, 0) is 36.8 Å². The minimum atomic E-state index is -4.52. The summed E-state index contributed by atoms with van der Waals surface area (Å²) in [7, 11) is 0. The van der Waals surface area contributed by atoms with E-state index in [1.807, 2.05) is 0 Å². The summed E-state index contributed by atoms with van der Waals surface area (Å²) >= 11 is 0. The highest BCUT2D eigenvalue weighted by Crippen LogP contribution is 2.43. The number of alkyl halides is 3. The SMILES string of the molecule is Cc1cc2c(cc1C(F)(F)F)N(c1ccccc1N)C(=O)CC=N2. The third-order valence-electron chi connectivity index (χ3n) is 3.79. The lowest BCUT2D eigenvalue weighted by Gasteiger charge is -2.25. The molecular formula is C17H14F3N3O. The molecule has 1 aliphatic rings. The number of halogens is 3. The highest BCUT2D eigenvalue weighted by Gasteiger charge is 2.35. The largest absolute Gasteiger partial charge is 0.416 e. The van der Waals surface area contributed by atoms with Crippen LogP contribution >= 0.6 is 0 Å². The molecule has 0 radical (unpaired) electrons.